The van der Waals surface area contributed by atoms with Crippen molar-refractivity contribution in [2.75, 3.05) is 13.1 Å². The summed E-state index contributed by atoms with van der Waals surface area (Å²) in [6.07, 6.45) is 3.12. The number of sulfonamides is 1. The molecule has 0 aliphatic rings. The summed E-state index contributed by atoms with van der Waals surface area (Å²) in [6, 6.07) is 9.66. The van der Waals surface area contributed by atoms with Gasteiger partial charge in [-0.25, -0.2) is 8.42 Å². The second kappa shape index (κ2) is 8.22. The molecule has 1 N–H and O–H groups in total. The summed E-state index contributed by atoms with van der Waals surface area (Å²) in [5, 5.41) is 2.89. The second-order valence-electron chi connectivity index (χ2n) is 5.59. The SMILES string of the molecule is CCN(CC)S(=O)(=O)c1ccc(C(C)NC(=O)c2ccncc2)cc1. The zero-order valence-electron chi connectivity index (χ0n) is 14.6. The Labute approximate surface area is 148 Å². The zero-order chi connectivity index (χ0) is 18.4. The Bertz CT molecular complexity index is 801. The summed E-state index contributed by atoms with van der Waals surface area (Å²) in [5.74, 6) is -0.199. The summed E-state index contributed by atoms with van der Waals surface area (Å²) in [5.41, 5.74) is 1.36. The number of hydrogen-bond donors (Lipinski definition) is 1. The van der Waals surface area contributed by atoms with Crippen molar-refractivity contribution in [3.8, 4) is 0 Å². The predicted octanol–water partition coefficient (Wildman–Crippen LogP) is 2.60. The number of nitrogens with one attached hydrogen (secondary N) is 1. The van der Waals surface area contributed by atoms with Gasteiger partial charge in [-0.2, -0.15) is 4.31 Å². The minimum Gasteiger partial charge on any atom is -0.346 e. The molecule has 0 aliphatic heterocycles. The molecule has 0 fully saturated rings. The Balaban J connectivity index is 2.13. The van der Waals surface area contributed by atoms with Crippen LogP contribution < -0.4 is 5.32 Å². The van der Waals surface area contributed by atoms with E-state index < -0.39 is 10.0 Å². The van der Waals surface area contributed by atoms with E-state index in [4.69, 9.17) is 0 Å². The smallest absolute Gasteiger partial charge is 0.251 e. The van der Waals surface area contributed by atoms with Crippen molar-refractivity contribution >= 4 is 15.9 Å². The first-order valence-corrected chi connectivity index (χ1v) is 9.65. The van der Waals surface area contributed by atoms with Crippen molar-refractivity contribution in [2.45, 2.75) is 31.7 Å². The van der Waals surface area contributed by atoms with E-state index in [1.807, 2.05) is 20.8 Å². The fourth-order valence-electron chi connectivity index (χ4n) is 2.51. The Morgan fingerprint density at radius 2 is 1.64 bits per heavy atom. The fraction of sp³-hybridized carbons (Fsp3) is 0.333. The molecule has 0 radical (unpaired) electrons. The van der Waals surface area contributed by atoms with Crippen LogP contribution in [0.2, 0.25) is 0 Å². The lowest BCUT2D eigenvalue weighted by molar-refractivity contribution is 0.0939. The third kappa shape index (κ3) is 4.43. The normalized spacial score (nSPS) is 12.8. The van der Waals surface area contributed by atoms with Gasteiger partial charge in [0.1, 0.15) is 0 Å². The van der Waals surface area contributed by atoms with Crippen molar-refractivity contribution in [1.82, 2.24) is 14.6 Å². The number of carbonyl (C=O) groups is 1. The van der Waals surface area contributed by atoms with Gasteiger partial charge in [0, 0.05) is 31.0 Å². The highest BCUT2D eigenvalue weighted by atomic mass is 32.2. The topological polar surface area (TPSA) is 79.4 Å². The van der Waals surface area contributed by atoms with Crippen molar-refractivity contribution < 1.29 is 13.2 Å². The molecule has 0 saturated heterocycles. The van der Waals surface area contributed by atoms with Gasteiger partial charge in [0.15, 0.2) is 0 Å². The van der Waals surface area contributed by atoms with E-state index in [9.17, 15) is 13.2 Å². The molecular formula is C18H23N3O3S. The molecule has 134 valence electrons. The highest BCUT2D eigenvalue weighted by Crippen LogP contribution is 2.19. The maximum atomic E-state index is 12.5. The molecule has 1 aromatic heterocycles. The Hall–Kier alpha value is -2.25. The van der Waals surface area contributed by atoms with E-state index in [0.29, 0.717) is 18.7 Å². The molecule has 0 aliphatic carbocycles. The van der Waals surface area contributed by atoms with Crippen molar-refractivity contribution in [2.24, 2.45) is 0 Å². The van der Waals surface area contributed by atoms with Gasteiger partial charge in [0.05, 0.1) is 10.9 Å². The molecule has 6 nitrogen and oxygen atoms in total. The molecule has 1 unspecified atom stereocenters. The van der Waals surface area contributed by atoms with Crippen molar-refractivity contribution in [3.63, 3.8) is 0 Å². The molecule has 2 rings (SSSR count). The maximum absolute atomic E-state index is 12.5. The van der Waals surface area contributed by atoms with Gasteiger partial charge in [0.25, 0.3) is 5.91 Å². The van der Waals surface area contributed by atoms with E-state index in [1.54, 1.807) is 48.8 Å². The van der Waals surface area contributed by atoms with E-state index in [-0.39, 0.29) is 16.8 Å². The quantitative estimate of drug-likeness (QED) is 0.822. The molecule has 1 atom stereocenters. The van der Waals surface area contributed by atoms with Gasteiger partial charge in [-0.05, 0) is 36.8 Å². The number of benzene rings is 1. The highest BCUT2D eigenvalue weighted by Gasteiger charge is 2.21. The van der Waals surface area contributed by atoms with Crippen LogP contribution in [0.4, 0.5) is 0 Å². The molecule has 1 aromatic carbocycles. The molecular weight excluding hydrogens is 338 g/mol. The lowest BCUT2D eigenvalue weighted by Gasteiger charge is -2.19. The number of carbonyl (C=O) groups excluding carboxylic acids is 1. The van der Waals surface area contributed by atoms with Crippen molar-refractivity contribution in [3.05, 3.63) is 59.9 Å². The lowest BCUT2D eigenvalue weighted by atomic mass is 10.1. The number of aromatic nitrogens is 1. The second-order valence-corrected chi connectivity index (χ2v) is 7.53. The third-order valence-electron chi connectivity index (χ3n) is 4.01. The van der Waals surface area contributed by atoms with Crippen molar-refractivity contribution in [1.29, 1.82) is 0 Å². The van der Waals surface area contributed by atoms with Crippen LogP contribution in [0.3, 0.4) is 0 Å². The van der Waals surface area contributed by atoms with E-state index in [0.717, 1.165) is 5.56 Å². The van der Waals surface area contributed by atoms with Gasteiger partial charge < -0.3 is 5.32 Å². The zero-order valence-corrected chi connectivity index (χ0v) is 15.5. The number of pyridine rings is 1. The first-order chi connectivity index (χ1) is 11.9. The van der Waals surface area contributed by atoms with Gasteiger partial charge in [0.2, 0.25) is 10.0 Å². The molecule has 25 heavy (non-hydrogen) atoms. The van der Waals surface area contributed by atoms with Crippen LogP contribution >= 0.6 is 0 Å². The standard InChI is InChI=1S/C18H23N3O3S/c1-4-21(5-2)25(23,24)17-8-6-15(7-9-17)14(3)20-18(22)16-10-12-19-13-11-16/h6-14H,4-5H2,1-3H3,(H,20,22). The van der Waals surface area contributed by atoms with Crippen LogP contribution in [0.25, 0.3) is 0 Å². The molecule has 2 aromatic rings. The number of amides is 1. The fourth-order valence-corrected chi connectivity index (χ4v) is 3.97. The number of nitrogens with zero attached hydrogens (tertiary/aromatic N) is 2. The first kappa shape index (κ1) is 19.1. The molecule has 0 saturated carbocycles. The van der Waals surface area contributed by atoms with Gasteiger partial charge in [-0.15, -0.1) is 0 Å². The predicted molar refractivity (Wildman–Crippen MR) is 96.7 cm³/mol. The summed E-state index contributed by atoms with van der Waals surface area (Å²) in [6.45, 7) is 6.34. The van der Waals surface area contributed by atoms with Gasteiger partial charge in [-0.1, -0.05) is 26.0 Å². The van der Waals surface area contributed by atoms with Crippen LogP contribution in [0.1, 0.15) is 42.7 Å². The Morgan fingerprint density at radius 1 is 1.08 bits per heavy atom. The van der Waals surface area contributed by atoms with Crippen LogP contribution in [0.5, 0.6) is 0 Å². The van der Waals surface area contributed by atoms with E-state index >= 15 is 0 Å². The van der Waals surface area contributed by atoms with Crippen LogP contribution in [0, 0.1) is 0 Å². The van der Waals surface area contributed by atoms with Gasteiger partial charge >= 0.3 is 0 Å². The maximum Gasteiger partial charge on any atom is 0.251 e. The number of rotatable bonds is 7. The third-order valence-corrected chi connectivity index (χ3v) is 6.08. The largest absolute Gasteiger partial charge is 0.346 e. The first-order valence-electron chi connectivity index (χ1n) is 8.21. The average molecular weight is 361 g/mol. The minimum atomic E-state index is -3.47. The molecule has 0 bridgehead atoms. The summed E-state index contributed by atoms with van der Waals surface area (Å²) >= 11 is 0. The molecule has 1 amide bonds. The lowest BCUT2D eigenvalue weighted by Crippen LogP contribution is -2.30. The van der Waals surface area contributed by atoms with Crippen LogP contribution in [-0.4, -0.2) is 36.7 Å². The summed E-state index contributed by atoms with van der Waals surface area (Å²) < 4.78 is 26.4. The van der Waals surface area contributed by atoms with Crippen LogP contribution in [-0.2, 0) is 10.0 Å². The average Bonchev–Trinajstić information content (AvgIpc) is 2.63. The Kier molecular flexibility index (Phi) is 6.27. The Morgan fingerprint density at radius 3 is 2.16 bits per heavy atom. The van der Waals surface area contributed by atoms with E-state index in [2.05, 4.69) is 10.3 Å². The monoisotopic (exact) mass is 361 g/mol. The summed E-state index contributed by atoms with van der Waals surface area (Å²) in [4.78, 5) is 16.3. The van der Waals surface area contributed by atoms with Gasteiger partial charge in [-0.3, -0.25) is 9.78 Å². The summed E-state index contributed by atoms with van der Waals surface area (Å²) in [7, 11) is -3.47. The number of hydrogen-bond acceptors (Lipinski definition) is 4. The highest BCUT2D eigenvalue weighted by molar-refractivity contribution is 7.89. The van der Waals surface area contributed by atoms with Crippen LogP contribution in [0.15, 0.2) is 53.7 Å². The van der Waals surface area contributed by atoms with E-state index in [1.165, 1.54) is 4.31 Å². The molecule has 0 spiro atoms. The molecule has 7 heteroatoms. The minimum absolute atomic E-state index is 0.199. The molecule has 1 heterocycles.